The van der Waals surface area contributed by atoms with Crippen LogP contribution in [0.5, 0.6) is 0 Å². The van der Waals surface area contributed by atoms with Crippen LogP contribution in [0, 0.1) is 24.0 Å². The summed E-state index contributed by atoms with van der Waals surface area (Å²) in [7, 11) is -2.70. The van der Waals surface area contributed by atoms with E-state index in [4.69, 9.17) is 4.74 Å². The van der Waals surface area contributed by atoms with Crippen molar-refractivity contribution in [2.75, 3.05) is 23.9 Å². The molecule has 36 heavy (non-hydrogen) atoms. The number of aryl methyl sites for hydroxylation is 1. The first-order chi connectivity index (χ1) is 17.0. The van der Waals surface area contributed by atoms with E-state index in [-0.39, 0.29) is 16.9 Å². The first-order valence-corrected chi connectivity index (χ1v) is 12.1. The molecule has 3 aromatic rings. The maximum atomic E-state index is 12.8. The van der Waals surface area contributed by atoms with Gasteiger partial charge in [-0.2, -0.15) is 5.10 Å². The number of hydrogen-bond donors (Lipinski definition) is 3. The molecule has 3 N–H and O–H groups in total. The third kappa shape index (κ3) is 5.87. The number of nitrogens with one attached hydrogen (secondary N) is 2. The fourth-order valence-electron chi connectivity index (χ4n) is 3.54. The fraction of sp³-hybridized carbons (Fsp3) is 0.217. The quantitative estimate of drug-likeness (QED) is 0.198. The highest BCUT2D eigenvalue weighted by Gasteiger charge is 2.23. The van der Waals surface area contributed by atoms with Crippen molar-refractivity contribution in [1.29, 1.82) is 0 Å². The minimum absolute atomic E-state index is 0.0191. The molecular weight excluding hydrogens is 490 g/mol. The molecule has 0 fully saturated rings. The Hall–Kier alpha value is -4.23. The number of hydrazone groups is 1. The number of methoxy groups -OCH3 is 1. The van der Waals surface area contributed by atoms with Crippen molar-refractivity contribution in [3.63, 3.8) is 0 Å². The number of hydrogen-bond acceptors (Lipinski definition) is 8. The van der Waals surface area contributed by atoms with Gasteiger partial charge in [-0.05, 0) is 44.2 Å². The van der Waals surface area contributed by atoms with Crippen LogP contribution in [0.15, 0.2) is 58.5 Å². The first-order valence-electron chi connectivity index (χ1n) is 10.6. The zero-order chi connectivity index (χ0) is 26.5. The summed E-state index contributed by atoms with van der Waals surface area (Å²) < 4.78 is 35.0. The number of nitrogens with zero attached hydrogens (tertiary/aromatic N) is 3. The van der Waals surface area contributed by atoms with Gasteiger partial charge in [-0.25, -0.2) is 13.2 Å². The van der Waals surface area contributed by atoms with Gasteiger partial charge >= 0.3 is 5.97 Å². The van der Waals surface area contributed by atoms with Crippen LogP contribution in [0.4, 0.5) is 17.1 Å². The van der Waals surface area contributed by atoms with Crippen LogP contribution in [0.3, 0.4) is 0 Å². The predicted molar refractivity (Wildman–Crippen MR) is 134 cm³/mol. The van der Waals surface area contributed by atoms with E-state index in [2.05, 4.69) is 19.8 Å². The van der Waals surface area contributed by atoms with Gasteiger partial charge in [-0.3, -0.25) is 20.3 Å². The zero-order valence-electron chi connectivity index (χ0n) is 19.8. The number of benzene rings is 2. The number of rotatable bonds is 11. The van der Waals surface area contributed by atoms with E-state index in [9.17, 15) is 28.4 Å². The Morgan fingerprint density at radius 2 is 1.92 bits per heavy atom. The summed E-state index contributed by atoms with van der Waals surface area (Å²) in [6.45, 7) is 5.08. The van der Waals surface area contributed by atoms with Crippen LogP contribution < -0.4 is 10.1 Å². The van der Waals surface area contributed by atoms with Crippen LogP contribution >= 0.6 is 0 Å². The molecule has 13 heteroatoms. The number of carboxylic acid groups (broad SMARTS) is 1. The minimum Gasteiger partial charge on any atom is -0.478 e. The van der Waals surface area contributed by atoms with Crippen LogP contribution in [-0.2, 0) is 21.3 Å². The summed E-state index contributed by atoms with van der Waals surface area (Å²) in [5, 5.41) is 25.0. The summed E-state index contributed by atoms with van der Waals surface area (Å²) in [6, 6.07) is 10.6. The summed E-state index contributed by atoms with van der Waals surface area (Å²) in [4.78, 5) is 21.9. The summed E-state index contributed by atoms with van der Waals surface area (Å²) >= 11 is 0. The number of sulfonamides is 1. The number of carboxylic acids is 1. The van der Waals surface area contributed by atoms with Crippen molar-refractivity contribution in [2.24, 2.45) is 5.10 Å². The minimum atomic E-state index is -4.32. The van der Waals surface area contributed by atoms with Gasteiger partial charge in [0.2, 0.25) is 0 Å². The maximum absolute atomic E-state index is 12.8. The molecule has 0 radical (unpaired) electrons. The number of ether oxygens (including phenoxy) is 1. The van der Waals surface area contributed by atoms with E-state index in [1.165, 1.54) is 36.5 Å². The van der Waals surface area contributed by atoms with Gasteiger partial charge in [-0.1, -0.05) is 12.1 Å². The molecule has 0 saturated carbocycles. The largest absolute Gasteiger partial charge is 0.478 e. The van der Waals surface area contributed by atoms with Crippen LogP contribution in [0.2, 0.25) is 0 Å². The van der Waals surface area contributed by atoms with Gasteiger partial charge in [0.15, 0.2) is 0 Å². The van der Waals surface area contributed by atoms with Crippen molar-refractivity contribution in [3.05, 3.63) is 81.2 Å². The molecule has 1 heterocycles. The van der Waals surface area contributed by atoms with Gasteiger partial charge in [0, 0.05) is 36.7 Å². The van der Waals surface area contributed by atoms with Crippen molar-refractivity contribution < 1.29 is 28.0 Å². The molecule has 0 aliphatic carbocycles. The lowest BCUT2D eigenvalue weighted by molar-refractivity contribution is -0.384. The number of aromatic carboxylic acids is 1. The second-order valence-corrected chi connectivity index (χ2v) is 9.42. The summed E-state index contributed by atoms with van der Waals surface area (Å²) in [5.41, 5.74) is 4.38. The monoisotopic (exact) mass is 515 g/mol. The normalized spacial score (nSPS) is 11.5. The van der Waals surface area contributed by atoms with Gasteiger partial charge < -0.3 is 14.4 Å². The number of carbonyl (C=O) groups is 1. The lowest BCUT2D eigenvalue weighted by Gasteiger charge is -2.11. The molecule has 12 nitrogen and oxygen atoms in total. The molecule has 0 atom stereocenters. The van der Waals surface area contributed by atoms with Crippen LogP contribution in [0.1, 0.15) is 27.3 Å². The SMILES string of the molecule is COCCn1c(C)cc(C=NNc2ccc(S(=O)(=O)Nc3ccccc3C(=O)O)cc2[N+](=O)[O-])c1C. The highest BCUT2D eigenvalue weighted by Crippen LogP contribution is 2.29. The summed E-state index contributed by atoms with van der Waals surface area (Å²) in [6.07, 6.45) is 1.52. The number of nitro groups is 1. The molecule has 2 aromatic carbocycles. The molecule has 0 aliphatic heterocycles. The second kappa shape index (κ2) is 11.0. The first kappa shape index (κ1) is 26.4. The lowest BCUT2D eigenvalue weighted by Crippen LogP contribution is -2.16. The molecular formula is C23H25N5O7S. The van der Waals surface area contributed by atoms with Gasteiger partial charge in [0.25, 0.3) is 15.7 Å². The molecule has 0 amide bonds. The maximum Gasteiger partial charge on any atom is 0.337 e. The van der Waals surface area contributed by atoms with Crippen molar-refractivity contribution in [3.8, 4) is 0 Å². The molecule has 0 unspecified atom stereocenters. The molecule has 3 rings (SSSR count). The number of anilines is 2. The zero-order valence-corrected chi connectivity index (χ0v) is 20.6. The molecule has 0 saturated heterocycles. The molecule has 190 valence electrons. The number of aromatic nitrogens is 1. The van der Waals surface area contributed by atoms with Gasteiger partial charge in [0.1, 0.15) is 5.69 Å². The third-order valence-electron chi connectivity index (χ3n) is 5.40. The number of para-hydroxylation sites is 1. The van der Waals surface area contributed by atoms with E-state index in [1.807, 2.05) is 19.9 Å². The van der Waals surface area contributed by atoms with Gasteiger partial charge in [0.05, 0.1) is 33.9 Å². The van der Waals surface area contributed by atoms with Gasteiger partial charge in [-0.15, -0.1) is 0 Å². The second-order valence-electron chi connectivity index (χ2n) is 7.73. The van der Waals surface area contributed by atoms with E-state index in [1.54, 1.807) is 7.11 Å². The highest BCUT2D eigenvalue weighted by molar-refractivity contribution is 7.92. The Labute approximate surface area is 207 Å². The van der Waals surface area contributed by atoms with E-state index >= 15 is 0 Å². The Kier molecular flexibility index (Phi) is 8.07. The Morgan fingerprint density at radius 3 is 2.58 bits per heavy atom. The Morgan fingerprint density at radius 1 is 1.19 bits per heavy atom. The topological polar surface area (TPSA) is 165 Å². The lowest BCUT2D eigenvalue weighted by atomic mass is 10.2. The predicted octanol–water partition coefficient (Wildman–Crippen LogP) is 3.60. The van der Waals surface area contributed by atoms with Crippen LogP contribution in [-0.4, -0.2) is 48.9 Å². The summed E-state index contributed by atoms with van der Waals surface area (Å²) in [5.74, 6) is -1.32. The van der Waals surface area contributed by atoms with Crippen molar-refractivity contribution >= 4 is 39.3 Å². The van der Waals surface area contributed by atoms with Crippen molar-refractivity contribution in [2.45, 2.75) is 25.3 Å². The Balaban J connectivity index is 1.85. The standard InChI is InChI=1S/C23H25N5O7S/c1-15-12-17(16(2)27(15)10-11-35-3)14-24-25-21-9-8-18(13-22(21)28(31)32)36(33,34)26-20-7-5-4-6-19(20)23(29)30/h4-9,12-14,25-26H,10-11H2,1-3H3,(H,29,30). The average molecular weight is 516 g/mol. The molecule has 1 aromatic heterocycles. The molecule has 0 bridgehead atoms. The van der Waals surface area contributed by atoms with E-state index in [0.29, 0.717) is 13.2 Å². The van der Waals surface area contributed by atoms with E-state index < -0.39 is 31.5 Å². The molecule has 0 aliphatic rings. The fourth-order valence-corrected chi connectivity index (χ4v) is 4.64. The van der Waals surface area contributed by atoms with Crippen LogP contribution in [0.25, 0.3) is 0 Å². The third-order valence-corrected chi connectivity index (χ3v) is 6.76. The smallest absolute Gasteiger partial charge is 0.337 e. The highest BCUT2D eigenvalue weighted by atomic mass is 32.2. The van der Waals surface area contributed by atoms with E-state index in [0.717, 1.165) is 29.1 Å². The Bertz CT molecular complexity index is 1430. The van der Waals surface area contributed by atoms with Crippen molar-refractivity contribution in [1.82, 2.24) is 4.57 Å². The average Bonchev–Trinajstić information content (AvgIpc) is 3.09. The molecule has 0 spiro atoms. The number of nitro benzene ring substituents is 1.